The van der Waals surface area contributed by atoms with Gasteiger partial charge in [0.15, 0.2) is 0 Å². The van der Waals surface area contributed by atoms with E-state index in [4.69, 9.17) is 25.2 Å². The van der Waals surface area contributed by atoms with Gasteiger partial charge in [-0.2, -0.15) is 0 Å². The summed E-state index contributed by atoms with van der Waals surface area (Å²) in [7, 11) is 1.00. The van der Waals surface area contributed by atoms with E-state index in [0.29, 0.717) is 31.0 Å². The number of amides is 2. The molecule has 0 unspecified atom stereocenters. The maximum atomic E-state index is 12.2. The van der Waals surface area contributed by atoms with Gasteiger partial charge in [0, 0.05) is 58.7 Å². The number of urea groups is 1. The van der Waals surface area contributed by atoms with Crippen LogP contribution >= 0.6 is 0 Å². The Kier molecular flexibility index (Phi) is 26.2. The van der Waals surface area contributed by atoms with Gasteiger partial charge < -0.3 is 62.6 Å². The smallest absolute Gasteiger partial charge is 0.326 e. The van der Waals surface area contributed by atoms with Crippen molar-refractivity contribution in [2.24, 2.45) is 0 Å². The minimum Gasteiger partial charge on any atom is -0.545 e. The number of nitrogens with one attached hydrogen (secondary N) is 2. The molecule has 271 valence electrons. The molecule has 2 aromatic rings. The Labute approximate surface area is 289 Å². The molecule has 2 heterocycles. The van der Waals surface area contributed by atoms with Crippen LogP contribution in [0.15, 0.2) is 24.8 Å². The van der Waals surface area contributed by atoms with Crippen LogP contribution in [0.3, 0.4) is 0 Å². The number of carboxylic acid groups (broad SMARTS) is 5. The number of hydrogen-bond donors (Lipinski definition) is 8. The van der Waals surface area contributed by atoms with Gasteiger partial charge >= 0.3 is 35.9 Å². The summed E-state index contributed by atoms with van der Waals surface area (Å²) in [6, 6.07) is -3.96. The maximum Gasteiger partial charge on any atom is 0.326 e. The van der Waals surface area contributed by atoms with Crippen molar-refractivity contribution < 1.29 is 84.6 Å². The number of carbonyl (C=O) groups excluding carboxylic acids is 2. The number of unbranched alkanes of at least 4 members (excludes halogenated alkanes) is 1. The summed E-state index contributed by atoms with van der Waals surface area (Å²) in [5.74, 6) is -5.33. The van der Waals surface area contributed by atoms with Gasteiger partial charge in [0.25, 0.3) is 0 Å². The monoisotopic (exact) mass is 858 g/mol. The Morgan fingerprint density at radius 2 is 1.17 bits per heavy atom. The average Bonchev–Trinajstić information content (AvgIpc) is 3.62. The molecule has 1 radical (unpaired) electrons. The first kappa shape index (κ1) is 47.7. The van der Waals surface area contributed by atoms with E-state index in [-0.39, 0.29) is 66.9 Å². The van der Waals surface area contributed by atoms with E-state index >= 15 is 0 Å². The number of aliphatic carboxylic acids is 5. The molecule has 2 amide bonds. The number of hydrogen-bond acceptors (Lipinski definition) is 11. The van der Waals surface area contributed by atoms with Crippen LogP contribution in [0.2, 0.25) is 0 Å². The second-order valence-corrected chi connectivity index (χ2v) is 9.27. The summed E-state index contributed by atoms with van der Waals surface area (Å²) >= 11 is 0. The fourth-order valence-electron chi connectivity index (χ4n) is 4.00. The Bertz CT molecular complexity index is 1230. The molecule has 0 fully saturated rings. The van der Waals surface area contributed by atoms with E-state index in [1.807, 2.05) is 4.90 Å². The van der Waals surface area contributed by atoms with Crippen molar-refractivity contribution in [3.05, 3.63) is 43.9 Å². The van der Waals surface area contributed by atoms with Crippen LogP contribution in [0.1, 0.15) is 43.8 Å². The molecule has 0 spiro atoms. The van der Waals surface area contributed by atoms with Gasteiger partial charge in [-0.25, -0.2) is 24.4 Å². The fourth-order valence-corrected chi connectivity index (χ4v) is 4.00. The summed E-state index contributed by atoms with van der Waals surface area (Å²) in [6.45, 7) is 3.31. The predicted molar refractivity (Wildman–Crippen MR) is 160 cm³/mol. The van der Waals surface area contributed by atoms with E-state index in [1.54, 1.807) is 0 Å². The molecule has 8 N–H and O–H groups in total. The quantitative estimate of drug-likeness (QED) is 0.0463. The Morgan fingerprint density at radius 1 is 0.750 bits per heavy atom. The topological polar surface area (TPSA) is 304 Å². The van der Waals surface area contributed by atoms with Crippen LogP contribution in [-0.2, 0) is 75.4 Å². The third kappa shape index (κ3) is 19.1. The summed E-state index contributed by atoms with van der Waals surface area (Å²) in [5, 5.41) is 57.0. The Balaban J connectivity index is -0.00000324. The second kappa shape index (κ2) is 26.4. The van der Waals surface area contributed by atoms with Crippen molar-refractivity contribution in [3.63, 3.8) is 0 Å². The number of rotatable bonds is 20. The van der Waals surface area contributed by atoms with Crippen molar-refractivity contribution in [1.29, 1.82) is 0 Å². The van der Waals surface area contributed by atoms with Gasteiger partial charge in [-0.1, -0.05) is 0 Å². The van der Waals surface area contributed by atoms with E-state index < -0.39 is 54.4 Å². The SMILES string of the molecule is CO.O=C(O)CC[C@H](NC(=O)N[C@@H](CCCCN(Cc1nccn1CC(=O)O)Cc1nccn1CC(=O)O)C(=O)O)C(=O)O.[CH-]=O.[CH3-].[Re]. The van der Waals surface area contributed by atoms with E-state index in [2.05, 4.69) is 27.4 Å². The van der Waals surface area contributed by atoms with Gasteiger partial charge in [-0.3, -0.25) is 26.1 Å². The molecular formula is C27H41N7O13Re-2. The number of aliphatic hydroxyl groups is 1. The molecule has 0 aliphatic rings. The standard InChI is InChI=1S/C24H33N7O11.CH4O.CHO.CH3.Re/c32-19(33)5-4-16(23(40)41)28-24(42)27-15(22(38)39)3-1-2-8-29(11-17-25-6-9-30(17)13-20(34)35)12-18-26-7-10-31(18)14-21(36)37;2*1-2;;/h6-7,9-10,15-16H,1-5,8,11-14H2,(H,32,33)(H,34,35)(H,36,37)(H,38,39)(H,40,41)(H2,27,28,42);2H,1H3;1H;1H3;/q;;2*-1;/t15-,16-;;;;/m0..../s1. The van der Waals surface area contributed by atoms with Gasteiger partial charge in [0.1, 0.15) is 36.8 Å². The molecule has 0 aliphatic carbocycles. The van der Waals surface area contributed by atoms with Crippen LogP contribution in [-0.4, -0.2) is 123 Å². The molecule has 2 atom stereocenters. The van der Waals surface area contributed by atoms with E-state index in [0.717, 1.165) is 7.11 Å². The van der Waals surface area contributed by atoms with Crippen LogP contribution < -0.4 is 10.6 Å². The van der Waals surface area contributed by atoms with Gasteiger partial charge in [-0.05, 0) is 32.2 Å². The molecule has 0 bridgehead atoms. The van der Waals surface area contributed by atoms with Crippen molar-refractivity contribution in [2.75, 3.05) is 13.7 Å². The van der Waals surface area contributed by atoms with Crippen LogP contribution in [0.5, 0.6) is 0 Å². The van der Waals surface area contributed by atoms with E-state index in [1.165, 1.54) is 33.9 Å². The minimum absolute atomic E-state index is 0. The molecule has 21 heteroatoms. The number of imidazole rings is 2. The van der Waals surface area contributed by atoms with Crippen LogP contribution in [0.4, 0.5) is 4.79 Å². The number of aliphatic hydroxyl groups excluding tert-OH is 1. The molecule has 2 aromatic heterocycles. The maximum absolute atomic E-state index is 12.2. The molecule has 2 rings (SSSR count). The number of carboxylic acids is 5. The first-order valence-corrected chi connectivity index (χ1v) is 13.4. The van der Waals surface area contributed by atoms with Gasteiger partial charge in [0.05, 0.1) is 13.1 Å². The molecular weight excluding hydrogens is 817 g/mol. The first-order chi connectivity index (χ1) is 21.8. The molecule has 0 saturated carbocycles. The summed E-state index contributed by atoms with van der Waals surface area (Å²) < 4.78 is 2.89. The zero-order valence-electron chi connectivity index (χ0n) is 26.3. The molecule has 0 aromatic carbocycles. The van der Waals surface area contributed by atoms with Crippen molar-refractivity contribution in [2.45, 2.75) is 70.4 Å². The Morgan fingerprint density at radius 3 is 1.54 bits per heavy atom. The summed E-state index contributed by atoms with van der Waals surface area (Å²) in [6.07, 6.45) is 5.70. The van der Waals surface area contributed by atoms with Crippen molar-refractivity contribution in [1.82, 2.24) is 34.6 Å². The zero-order valence-corrected chi connectivity index (χ0v) is 29.0. The molecule has 0 saturated heterocycles. The van der Waals surface area contributed by atoms with E-state index in [9.17, 15) is 39.0 Å². The van der Waals surface area contributed by atoms with Crippen molar-refractivity contribution >= 4 is 42.7 Å². The third-order valence-corrected chi connectivity index (χ3v) is 6.02. The zero-order chi connectivity index (χ0) is 35.2. The summed E-state index contributed by atoms with van der Waals surface area (Å²) in [5.41, 5.74) is 0. The normalized spacial score (nSPS) is 11.1. The molecule has 48 heavy (non-hydrogen) atoms. The number of carbonyl (C=O) groups is 6. The summed E-state index contributed by atoms with van der Waals surface area (Å²) in [4.78, 5) is 86.3. The van der Waals surface area contributed by atoms with Gasteiger partial charge in [-0.15, -0.1) is 0 Å². The van der Waals surface area contributed by atoms with Crippen molar-refractivity contribution in [3.8, 4) is 0 Å². The number of aromatic nitrogens is 4. The predicted octanol–water partition coefficient (Wildman–Crippen LogP) is -0.726. The number of nitrogens with zero attached hydrogens (tertiary/aromatic N) is 5. The molecule has 0 aliphatic heterocycles. The fraction of sp³-hybridized carbons (Fsp3) is 0.481. The second-order valence-electron chi connectivity index (χ2n) is 9.27. The third-order valence-electron chi connectivity index (χ3n) is 6.02. The first-order valence-electron chi connectivity index (χ1n) is 13.4. The van der Waals surface area contributed by atoms with Crippen LogP contribution in [0, 0.1) is 7.43 Å². The molecule has 20 nitrogen and oxygen atoms in total. The average molecular weight is 858 g/mol. The largest absolute Gasteiger partial charge is 0.545 e. The van der Waals surface area contributed by atoms with Crippen LogP contribution in [0.25, 0.3) is 0 Å². The Hall–Kier alpha value is -4.71. The van der Waals surface area contributed by atoms with Gasteiger partial charge in [0.2, 0.25) is 0 Å². The minimum atomic E-state index is -1.52.